The highest BCUT2D eigenvalue weighted by atomic mass is 79.9. The molecule has 0 radical (unpaired) electrons. The van der Waals surface area contributed by atoms with E-state index in [4.69, 9.17) is 5.73 Å². The molecule has 0 bridgehead atoms. The second-order valence-electron chi connectivity index (χ2n) is 4.57. The Labute approximate surface area is 129 Å². The van der Waals surface area contributed by atoms with E-state index in [-0.39, 0.29) is 17.1 Å². The van der Waals surface area contributed by atoms with E-state index >= 15 is 0 Å². The van der Waals surface area contributed by atoms with Gasteiger partial charge in [-0.2, -0.15) is 8.42 Å². The standard InChI is InChI=1S/C13H10BrN3O3S/c14-9-4-8(5-10(15)6-9)7-17-13(18)11-2-1-3-16-12(11)21(17,19)20/h1-6H,7,15H2. The van der Waals surface area contributed by atoms with E-state index in [0.717, 1.165) is 8.78 Å². The van der Waals surface area contributed by atoms with Gasteiger partial charge in [0.05, 0.1) is 12.1 Å². The van der Waals surface area contributed by atoms with Crippen LogP contribution in [0.1, 0.15) is 15.9 Å². The van der Waals surface area contributed by atoms with Crippen LogP contribution in [-0.4, -0.2) is 23.6 Å². The van der Waals surface area contributed by atoms with E-state index < -0.39 is 15.9 Å². The van der Waals surface area contributed by atoms with Crippen molar-refractivity contribution < 1.29 is 13.2 Å². The monoisotopic (exact) mass is 367 g/mol. The number of pyridine rings is 1. The Hall–Kier alpha value is -1.93. The largest absolute Gasteiger partial charge is 0.399 e. The van der Waals surface area contributed by atoms with E-state index in [1.54, 1.807) is 18.2 Å². The average Bonchev–Trinajstić information content (AvgIpc) is 2.60. The second kappa shape index (κ2) is 4.81. The van der Waals surface area contributed by atoms with Crippen LogP contribution in [0.25, 0.3) is 0 Å². The summed E-state index contributed by atoms with van der Waals surface area (Å²) in [5.74, 6) is -0.573. The van der Waals surface area contributed by atoms with E-state index in [9.17, 15) is 13.2 Å². The molecule has 2 heterocycles. The van der Waals surface area contributed by atoms with Crippen LogP contribution in [0.5, 0.6) is 0 Å². The summed E-state index contributed by atoms with van der Waals surface area (Å²) in [6.07, 6.45) is 1.35. The zero-order valence-electron chi connectivity index (χ0n) is 10.7. The maximum atomic E-state index is 12.4. The number of carbonyl (C=O) groups excluding carboxylic acids is 1. The molecule has 3 rings (SSSR count). The van der Waals surface area contributed by atoms with Crippen LogP contribution in [0.15, 0.2) is 46.0 Å². The summed E-state index contributed by atoms with van der Waals surface area (Å²) in [5.41, 5.74) is 6.92. The number of nitrogens with zero attached hydrogens (tertiary/aromatic N) is 2. The van der Waals surface area contributed by atoms with Crippen LogP contribution in [0.4, 0.5) is 5.69 Å². The maximum Gasteiger partial charge on any atom is 0.285 e. The van der Waals surface area contributed by atoms with Gasteiger partial charge in [0.15, 0.2) is 5.03 Å². The van der Waals surface area contributed by atoms with E-state index in [1.165, 1.54) is 18.3 Å². The molecule has 21 heavy (non-hydrogen) atoms. The first kappa shape index (κ1) is 14.0. The molecule has 0 aliphatic carbocycles. The average molecular weight is 368 g/mol. The molecule has 1 aliphatic heterocycles. The molecular weight excluding hydrogens is 358 g/mol. The normalized spacial score (nSPS) is 16.0. The second-order valence-corrected chi connectivity index (χ2v) is 7.26. The van der Waals surface area contributed by atoms with Crippen molar-refractivity contribution in [3.05, 3.63) is 52.1 Å². The van der Waals surface area contributed by atoms with Crippen molar-refractivity contribution in [2.45, 2.75) is 11.6 Å². The highest BCUT2D eigenvalue weighted by Gasteiger charge is 2.42. The molecule has 0 atom stereocenters. The van der Waals surface area contributed by atoms with Gasteiger partial charge >= 0.3 is 0 Å². The molecule has 108 valence electrons. The van der Waals surface area contributed by atoms with Crippen LogP contribution in [0, 0.1) is 0 Å². The van der Waals surface area contributed by atoms with E-state index in [0.29, 0.717) is 11.3 Å². The number of carbonyl (C=O) groups is 1. The first-order valence-corrected chi connectivity index (χ1v) is 8.20. The highest BCUT2D eigenvalue weighted by molar-refractivity contribution is 9.10. The molecule has 2 N–H and O–H groups in total. The number of hydrogen-bond donors (Lipinski definition) is 1. The molecule has 1 aromatic carbocycles. The number of hydrogen-bond acceptors (Lipinski definition) is 5. The zero-order chi connectivity index (χ0) is 15.2. The van der Waals surface area contributed by atoms with Gasteiger partial charge in [0.1, 0.15) is 0 Å². The fourth-order valence-electron chi connectivity index (χ4n) is 2.20. The summed E-state index contributed by atoms with van der Waals surface area (Å²) in [7, 11) is -3.90. The molecular formula is C13H10BrN3O3S. The lowest BCUT2D eigenvalue weighted by Crippen LogP contribution is -2.29. The third-order valence-electron chi connectivity index (χ3n) is 3.07. The van der Waals surface area contributed by atoms with Crippen molar-refractivity contribution in [2.24, 2.45) is 0 Å². The number of nitrogen functional groups attached to an aromatic ring is 1. The van der Waals surface area contributed by atoms with E-state index in [2.05, 4.69) is 20.9 Å². The van der Waals surface area contributed by atoms with Crippen molar-refractivity contribution in [1.29, 1.82) is 0 Å². The Morgan fingerprint density at radius 3 is 2.71 bits per heavy atom. The highest BCUT2D eigenvalue weighted by Crippen LogP contribution is 2.30. The Morgan fingerprint density at radius 1 is 1.29 bits per heavy atom. The van der Waals surface area contributed by atoms with Gasteiger partial charge < -0.3 is 5.73 Å². The van der Waals surface area contributed by atoms with Crippen LogP contribution in [-0.2, 0) is 16.6 Å². The van der Waals surface area contributed by atoms with Crippen LogP contribution >= 0.6 is 15.9 Å². The van der Waals surface area contributed by atoms with Gasteiger partial charge in [0, 0.05) is 16.4 Å². The van der Waals surface area contributed by atoms with Crippen molar-refractivity contribution in [3.63, 3.8) is 0 Å². The van der Waals surface area contributed by atoms with E-state index in [1.807, 2.05) is 0 Å². The Morgan fingerprint density at radius 2 is 2.05 bits per heavy atom. The lowest BCUT2D eigenvalue weighted by molar-refractivity contribution is 0.0865. The number of amides is 1. The summed E-state index contributed by atoms with van der Waals surface area (Å²) in [6.45, 7) is -0.0822. The van der Waals surface area contributed by atoms with Crippen molar-refractivity contribution in [3.8, 4) is 0 Å². The summed E-state index contributed by atoms with van der Waals surface area (Å²) in [5, 5.41) is -0.196. The van der Waals surface area contributed by atoms with Crippen LogP contribution < -0.4 is 5.73 Å². The molecule has 1 aliphatic rings. The van der Waals surface area contributed by atoms with Crippen molar-refractivity contribution in [1.82, 2.24) is 9.29 Å². The minimum absolute atomic E-state index is 0.0822. The molecule has 8 heteroatoms. The first-order chi connectivity index (χ1) is 9.89. The summed E-state index contributed by atoms with van der Waals surface area (Å²) >= 11 is 3.29. The molecule has 0 saturated heterocycles. The molecule has 0 unspecified atom stereocenters. The number of nitrogens with two attached hydrogens (primary N) is 1. The quantitative estimate of drug-likeness (QED) is 0.816. The number of aromatic nitrogens is 1. The molecule has 1 aromatic heterocycles. The minimum Gasteiger partial charge on any atom is -0.399 e. The lowest BCUT2D eigenvalue weighted by Gasteiger charge is -2.15. The van der Waals surface area contributed by atoms with Gasteiger partial charge in [-0.15, -0.1) is 0 Å². The fraction of sp³-hybridized carbons (Fsp3) is 0.0769. The van der Waals surface area contributed by atoms with Crippen molar-refractivity contribution in [2.75, 3.05) is 5.73 Å². The first-order valence-electron chi connectivity index (χ1n) is 5.96. The van der Waals surface area contributed by atoms with Crippen LogP contribution in [0.3, 0.4) is 0 Å². The summed E-state index contributed by atoms with van der Waals surface area (Å²) < 4.78 is 26.3. The van der Waals surface area contributed by atoms with Gasteiger partial charge in [0.25, 0.3) is 15.9 Å². The van der Waals surface area contributed by atoms with Gasteiger partial charge in [-0.25, -0.2) is 9.29 Å². The Bertz CT molecular complexity index is 831. The number of halogens is 1. The molecule has 0 fully saturated rings. The number of rotatable bonds is 2. The molecule has 0 spiro atoms. The van der Waals surface area contributed by atoms with Gasteiger partial charge in [-0.3, -0.25) is 4.79 Å². The Kier molecular flexibility index (Phi) is 3.22. The maximum absolute atomic E-state index is 12.4. The number of sulfonamides is 1. The Balaban J connectivity index is 2.03. The summed E-state index contributed by atoms with van der Waals surface area (Å²) in [4.78, 5) is 16.1. The third kappa shape index (κ3) is 2.30. The van der Waals surface area contributed by atoms with Gasteiger partial charge in [0.2, 0.25) is 0 Å². The predicted octanol–water partition coefficient (Wildman–Crippen LogP) is 1.77. The molecule has 1 amide bonds. The zero-order valence-corrected chi connectivity index (χ0v) is 13.1. The number of benzene rings is 1. The third-order valence-corrected chi connectivity index (χ3v) is 5.22. The molecule has 6 nitrogen and oxygen atoms in total. The van der Waals surface area contributed by atoms with Gasteiger partial charge in [-0.1, -0.05) is 15.9 Å². The smallest absolute Gasteiger partial charge is 0.285 e. The SMILES string of the molecule is Nc1cc(Br)cc(CN2C(=O)c3cccnc3S2(=O)=O)c1. The van der Waals surface area contributed by atoms with Crippen LogP contribution in [0.2, 0.25) is 0 Å². The molecule has 0 saturated carbocycles. The topological polar surface area (TPSA) is 93.4 Å². The fourth-order valence-corrected chi connectivity index (χ4v) is 4.23. The molecule has 2 aromatic rings. The number of anilines is 1. The van der Waals surface area contributed by atoms with Crippen molar-refractivity contribution >= 4 is 37.5 Å². The summed E-state index contributed by atoms with van der Waals surface area (Å²) in [6, 6.07) is 8.03. The lowest BCUT2D eigenvalue weighted by atomic mass is 10.2. The minimum atomic E-state index is -3.90. The van der Waals surface area contributed by atoms with Gasteiger partial charge in [-0.05, 0) is 35.9 Å². The number of fused-ring (bicyclic) bond motifs is 1. The predicted molar refractivity (Wildman–Crippen MR) is 79.9 cm³/mol.